The van der Waals surface area contributed by atoms with Gasteiger partial charge in [-0.05, 0) is 102 Å². The van der Waals surface area contributed by atoms with Crippen molar-refractivity contribution in [2.75, 3.05) is 38.8 Å². The number of amides is 17. The molecule has 0 unspecified atom stereocenters. The number of carboxylic acid groups (broad SMARTS) is 1. The van der Waals surface area contributed by atoms with Crippen LogP contribution in [0.15, 0.2) is 140 Å². The van der Waals surface area contributed by atoms with Gasteiger partial charge in [-0.1, -0.05) is 171 Å². The molecule has 1 saturated heterocycles. The Balaban J connectivity index is 1.31. The number of phenols is 1. The molecule has 40 heteroatoms. The molecule has 2 heterocycles. The quantitative estimate of drug-likeness (QED) is 0.0381. The Labute approximate surface area is 768 Å². The number of aliphatic hydroxyl groups excluding tert-OH is 1. The van der Waals surface area contributed by atoms with Crippen LogP contribution in [-0.4, -0.2) is 260 Å². The molecule has 1 aliphatic heterocycles. The fraction of sp³-hybridized carbons (Fsp3) is 0.457. The number of phenolic OH excluding ortho intramolecular Hbond substituents is 1. The van der Waals surface area contributed by atoms with Crippen LogP contribution in [0.4, 0.5) is 0 Å². The van der Waals surface area contributed by atoms with Crippen molar-refractivity contribution in [2.24, 2.45) is 35.1 Å². The van der Waals surface area contributed by atoms with Gasteiger partial charge in [0.1, 0.15) is 90.3 Å². The number of likely N-dealkylation sites (N-methyl/N-ethyl adjacent to an activating group) is 2. The van der Waals surface area contributed by atoms with Crippen LogP contribution in [0.2, 0.25) is 0 Å². The Morgan fingerprint density at radius 1 is 0.455 bits per heavy atom. The molecule has 0 saturated carbocycles. The molecule has 7 rings (SSSR count). The molecule has 712 valence electrons. The average molecular weight is 1850 g/mol. The summed E-state index contributed by atoms with van der Waals surface area (Å²) in [5.41, 5.74) is 15.1. The number of para-hydroxylation sites is 1. The number of primary amides is 2. The van der Waals surface area contributed by atoms with Crippen molar-refractivity contribution < 1.29 is 102 Å². The summed E-state index contributed by atoms with van der Waals surface area (Å²) in [6.45, 7) is 13.7. The summed E-state index contributed by atoms with van der Waals surface area (Å²) in [4.78, 5) is 263. The fourth-order valence-electron chi connectivity index (χ4n) is 14.4. The number of carboxylic acids is 1. The van der Waals surface area contributed by atoms with Crippen LogP contribution >= 0.6 is 11.8 Å². The van der Waals surface area contributed by atoms with E-state index in [1.54, 1.807) is 127 Å². The van der Waals surface area contributed by atoms with E-state index in [4.69, 9.17) is 11.5 Å². The molecule has 1 aliphatic rings. The highest BCUT2D eigenvalue weighted by Crippen LogP contribution is 2.24. The molecular formula is C92H122N18O21S. The summed E-state index contributed by atoms with van der Waals surface area (Å²) in [5.74, 6) is -22.7. The van der Waals surface area contributed by atoms with Crippen LogP contribution in [0.3, 0.4) is 0 Å². The topological polar surface area (TPSA) is 599 Å². The highest BCUT2D eigenvalue weighted by Gasteiger charge is 2.41. The number of H-pyrrole nitrogens is 1. The molecule has 6 aromatic rings. The van der Waals surface area contributed by atoms with E-state index in [2.05, 4.69) is 74.1 Å². The third kappa shape index (κ3) is 32.4. The molecule has 17 amide bonds. The standard InChI is InChI=1S/C92H122N18O21S/c1-48(2)35-63-80(119)102-67(38-55-27-31-58(32-28-55)57-23-17-14-18-24-57)87(126)108-78(51(7)8)92(131)110(12)53(10)91(130)109(11)44-74(114)97-69(41-73(93)113)84(123)100-64(36-49(3)4)86(125)107-77(50(5)6)90(129)105-71(45-111)88(127)106-72(89(128)96-52(9)79(94)118)46-132-47-75(115)98-65(37-54-21-15-13-16-22-54)81(120)101-66(39-56-29-33-60(112)34-30-56)82(121)104-70(42-76(116)117)85(124)103-68(83(122)99-63)40-59-43-95-62-26-20-19-25-61(59)62/h13-34,43,48-53,63-72,77-78,95,111-112H,35-42,44-47H2,1-12H3,(H2,93,113)(H2,94,118)(H,96,128)(H,97,114)(H,98,115)(H,99,122)(H,100,123)(H,101,120)(H,102,119)(H,103,124)(H,104,121)(H,105,129)(H,106,127)(H,107,125)(H,108,126)(H,116,117)/t52-,53+,63+,64+,65+,66+,67+,68+,69+,70+,71+,72+,77+,78+/m1/s1. The second-order valence-electron chi connectivity index (χ2n) is 34.3. The van der Waals surface area contributed by atoms with E-state index in [1.165, 1.54) is 66.1 Å². The molecule has 0 radical (unpaired) electrons. The number of aromatic amines is 1. The van der Waals surface area contributed by atoms with E-state index in [0.717, 1.165) is 20.9 Å². The van der Waals surface area contributed by atoms with Crippen molar-refractivity contribution >= 4 is 129 Å². The van der Waals surface area contributed by atoms with Crippen molar-refractivity contribution in [3.63, 3.8) is 0 Å². The lowest BCUT2D eigenvalue weighted by Crippen LogP contribution is -2.61. The molecule has 1 aromatic heterocycles. The Morgan fingerprint density at radius 2 is 0.871 bits per heavy atom. The van der Waals surface area contributed by atoms with Crippen LogP contribution in [-0.2, 0) is 112 Å². The molecule has 39 nitrogen and oxygen atoms in total. The number of nitrogens with one attached hydrogen (secondary N) is 14. The van der Waals surface area contributed by atoms with Crippen LogP contribution in [0.5, 0.6) is 5.75 Å². The number of carbonyl (C=O) groups excluding carboxylic acids is 17. The molecule has 21 N–H and O–H groups in total. The smallest absolute Gasteiger partial charge is 0.305 e. The van der Waals surface area contributed by atoms with E-state index in [1.807, 2.05) is 30.3 Å². The van der Waals surface area contributed by atoms with Crippen LogP contribution in [0, 0.1) is 23.7 Å². The van der Waals surface area contributed by atoms with Gasteiger partial charge in [-0.2, -0.15) is 0 Å². The zero-order valence-electron chi connectivity index (χ0n) is 75.8. The summed E-state index contributed by atoms with van der Waals surface area (Å²) >= 11 is 0.702. The minimum Gasteiger partial charge on any atom is -0.508 e. The predicted molar refractivity (Wildman–Crippen MR) is 488 cm³/mol. The summed E-state index contributed by atoms with van der Waals surface area (Å²) in [6.07, 6.45) is -1.95. The van der Waals surface area contributed by atoms with Crippen molar-refractivity contribution in [1.82, 2.24) is 83.9 Å². The maximum absolute atomic E-state index is 15.4. The van der Waals surface area contributed by atoms with Gasteiger partial charge < -0.3 is 111 Å². The number of aromatic nitrogens is 1. The largest absolute Gasteiger partial charge is 0.508 e. The molecule has 132 heavy (non-hydrogen) atoms. The average Bonchev–Trinajstić information content (AvgIpc) is 1.66. The minimum absolute atomic E-state index is 0.120. The Hall–Kier alpha value is -13.8. The Kier molecular flexibility index (Phi) is 40.2. The maximum atomic E-state index is 15.4. The first-order valence-corrected chi connectivity index (χ1v) is 44.5. The van der Waals surface area contributed by atoms with Crippen LogP contribution in [0.1, 0.15) is 117 Å². The lowest BCUT2D eigenvalue weighted by Gasteiger charge is -2.33. The monoisotopic (exact) mass is 1850 g/mol. The second kappa shape index (κ2) is 50.4. The van der Waals surface area contributed by atoms with Crippen molar-refractivity contribution in [1.29, 1.82) is 0 Å². The van der Waals surface area contributed by atoms with E-state index in [9.17, 15) is 72.9 Å². The van der Waals surface area contributed by atoms with Gasteiger partial charge in [0.15, 0.2) is 0 Å². The van der Waals surface area contributed by atoms with Crippen molar-refractivity contribution in [3.05, 3.63) is 162 Å². The predicted octanol–water partition coefficient (Wildman–Crippen LogP) is -0.583. The first-order valence-electron chi connectivity index (χ1n) is 43.3. The third-order valence-electron chi connectivity index (χ3n) is 21.8. The number of thioether (sulfide) groups is 1. The molecule has 0 spiro atoms. The zero-order chi connectivity index (χ0) is 97.5. The van der Waals surface area contributed by atoms with Gasteiger partial charge >= 0.3 is 5.97 Å². The zero-order valence-corrected chi connectivity index (χ0v) is 76.6. The Bertz CT molecular complexity index is 5080. The number of carbonyl (C=O) groups is 18. The van der Waals surface area contributed by atoms with E-state index in [0.29, 0.717) is 44.9 Å². The SMILES string of the molecule is CC(C)C[C@@H]1NC(=O)[C@H](Cc2c[nH]c3ccccc23)NC(=O)[C@H](CC(=O)O)NC(=O)[C@H](Cc2ccc(O)cc2)NC(=O)[C@H](Cc2ccccc2)NC(=O)CSC[C@@H](C(=O)N[C@H](C)C(N)=O)NC(=O)[C@H](CO)NC(=O)[C@H](C(C)C)NC(=O)[C@H](CC(C)C)NC(=O)[C@H](CC(N)=O)NC(=O)CN(C)C(=O)[C@H](C)N(C)C(=O)[C@H](C(C)C)NC(=O)[C@H](Cc2ccc(-c3ccccc3)cc2)NC1=O. The first kappa shape index (κ1) is 105. The van der Waals surface area contributed by atoms with Gasteiger partial charge in [-0.15, -0.1) is 11.8 Å². The van der Waals surface area contributed by atoms with E-state index < -0.39 is 253 Å². The number of nitrogens with zero attached hydrogens (tertiary/aromatic N) is 2. The van der Waals surface area contributed by atoms with Crippen molar-refractivity contribution in [3.8, 4) is 16.9 Å². The van der Waals surface area contributed by atoms with Crippen LogP contribution in [0.25, 0.3) is 22.0 Å². The highest BCUT2D eigenvalue weighted by molar-refractivity contribution is 8.00. The number of aromatic hydroxyl groups is 1. The summed E-state index contributed by atoms with van der Waals surface area (Å²) in [5, 5.41) is 65.3. The fourth-order valence-corrected chi connectivity index (χ4v) is 15.3. The van der Waals surface area contributed by atoms with Gasteiger partial charge in [0.2, 0.25) is 100 Å². The number of hydrogen-bond acceptors (Lipinski definition) is 21. The van der Waals surface area contributed by atoms with Crippen LogP contribution < -0.4 is 80.6 Å². The van der Waals surface area contributed by atoms with Gasteiger partial charge in [-0.25, -0.2) is 0 Å². The minimum atomic E-state index is -2.06. The van der Waals surface area contributed by atoms with E-state index >= 15 is 28.8 Å². The third-order valence-corrected chi connectivity index (χ3v) is 22.9. The number of rotatable bonds is 23. The molecule has 0 bridgehead atoms. The number of benzene rings is 5. The summed E-state index contributed by atoms with van der Waals surface area (Å²) < 4.78 is 0. The maximum Gasteiger partial charge on any atom is 0.305 e. The second-order valence-corrected chi connectivity index (χ2v) is 35.3. The normalized spacial score (nSPS) is 23.1. The van der Waals surface area contributed by atoms with Gasteiger partial charge in [0.25, 0.3) is 0 Å². The molecule has 5 aromatic carbocycles. The summed E-state index contributed by atoms with van der Waals surface area (Å²) in [6, 6.07) is 14.0. The number of nitrogens with two attached hydrogens (primary N) is 2. The van der Waals surface area contributed by atoms with Crippen molar-refractivity contribution in [2.45, 2.75) is 205 Å². The summed E-state index contributed by atoms with van der Waals surface area (Å²) in [7, 11) is 2.47. The number of aliphatic hydroxyl groups is 1. The molecule has 0 aliphatic carbocycles. The molecule has 1 fully saturated rings. The lowest BCUT2D eigenvalue weighted by atomic mass is 9.97. The van der Waals surface area contributed by atoms with Gasteiger partial charge in [-0.3, -0.25) is 86.3 Å². The number of fused-ring (bicyclic) bond motifs is 1. The highest BCUT2D eigenvalue weighted by atomic mass is 32.2. The first-order chi connectivity index (χ1) is 62.4. The van der Waals surface area contributed by atoms with E-state index in [-0.39, 0.29) is 43.8 Å². The number of aliphatic carboxylic acids is 1. The lowest BCUT2D eigenvalue weighted by molar-refractivity contribution is -0.147. The number of hydrogen-bond donors (Lipinski definition) is 19. The van der Waals surface area contributed by atoms with Gasteiger partial charge in [0, 0.05) is 62.6 Å². The molecule has 14 atom stereocenters. The Morgan fingerprint density at radius 3 is 1.39 bits per heavy atom. The van der Waals surface area contributed by atoms with Gasteiger partial charge in [0.05, 0.1) is 31.7 Å². The molecular weight excluding hydrogens is 1730 g/mol.